The summed E-state index contributed by atoms with van der Waals surface area (Å²) in [4.78, 5) is 27.0. The molecule has 0 aliphatic carbocycles. The van der Waals surface area contributed by atoms with Gasteiger partial charge in [0.05, 0.1) is 19.6 Å². The number of likely N-dealkylation sites (N-methyl/N-ethyl adjacent to an activating group) is 2. The van der Waals surface area contributed by atoms with Gasteiger partial charge in [-0.3, -0.25) is 14.5 Å². The molecule has 0 N–H and O–H groups in total. The van der Waals surface area contributed by atoms with E-state index in [9.17, 15) is 9.59 Å². The molecule has 0 bridgehead atoms. The fraction of sp³-hybridized carbons (Fsp3) is 0.714. The number of hydrogen-bond donors (Lipinski definition) is 0. The molecule has 0 aliphatic rings. The highest BCUT2D eigenvalue weighted by molar-refractivity contribution is 5.78. The topological polar surface area (TPSA) is 49.9 Å². The molecule has 1 unspecified atom stereocenters. The molecule has 0 spiro atoms. The van der Waals surface area contributed by atoms with E-state index in [-0.39, 0.29) is 17.8 Å². The van der Waals surface area contributed by atoms with E-state index in [2.05, 4.69) is 11.3 Å². The minimum atomic E-state index is -0.256. The summed E-state index contributed by atoms with van der Waals surface area (Å²) in [6.45, 7) is 11.5. The lowest BCUT2D eigenvalue weighted by Gasteiger charge is -2.25. The minimum absolute atomic E-state index is 0.0464. The van der Waals surface area contributed by atoms with Gasteiger partial charge in [0, 0.05) is 19.6 Å². The number of hydrogen-bond acceptors (Lipinski definition) is 4. The van der Waals surface area contributed by atoms with Crippen LogP contribution in [-0.4, -0.2) is 62.0 Å². The summed E-state index contributed by atoms with van der Waals surface area (Å²) in [5, 5.41) is 0. The van der Waals surface area contributed by atoms with Crippen molar-refractivity contribution in [2.75, 3.05) is 40.3 Å². The third-order valence-electron chi connectivity index (χ3n) is 2.79. The van der Waals surface area contributed by atoms with Gasteiger partial charge in [-0.05, 0) is 20.9 Å². The molecule has 0 fully saturated rings. The second kappa shape index (κ2) is 8.69. The van der Waals surface area contributed by atoms with Crippen LogP contribution in [0.4, 0.5) is 0 Å². The predicted octanol–water partition coefficient (Wildman–Crippen LogP) is 1.15. The summed E-state index contributed by atoms with van der Waals surface area (Å²) in [6, 6.07) is 0. The zero-order valence-electron chi connectivity index (χ0n) is 12.7. The first-order valence-corrected chi connectivity index (χ1v) is 6.50. The van der Waals surface area contributed by atoms with Gasteiger partial charge in [0.15, 0.2) is 0 Å². The summed E-state index contributed by atoms with van der Waals surface area (Å²) in [5.41, 5.74) is 0.959. The van der Waals surface area contributed by atoms with Crippen LogP contribution >= 0.6 is 0 Å². The maximum absolute atomic E-state index is 12.1. The zero-order chi connectivity index (χ0) is 15.0. The van der Waals surface area contributed by atoms with E-state index in [1.807, 2.05) is 25.8 Å². The SMILES string of the molecule is C=C(C)CN(CC)C(=O)CN(C)CC(C)C(=O)OC. The molecule has 19 heavy (non-hydrogen) atoms. The first-order chi connectivity index (χ1) is 8.81. The van der Waals surface area contributed by atoms with Crippen molar-refractivity contribution in [1.29, 1.82) is 0 Å². The molecule has 0 aromatic rings. The average molecular weight is 270 g/mol. The molecule has 5 nitrogen and oxygen atoms in total. The Hall–Kier alpha value is -1.36. The van der Waals surface area contributed by atoms with Crippen LogP contribution in [0, 0.1) is 5.92 Å². The Labute approximate surface area is 116 Å². The predicted molar refractivity (Wildman–Crippen MR) is 75.7 cm³/mol. The Bertz CT molecular complexity index is 329. The van der Waals surface area contributed by atoms with Crippen LogP contribution in [0.1, 0.15) is 20.8 Å². The van der Waals surface area contributed by atoms with Crippen molar-refractivity contribution < 1.29 is 14.3 Å². The first kappa shape index (κ1) is 17.6. The normalized spacial score (nSPS) is 12.1. The van der Waals surface area contributed by atoms with E-state index < -0.39 is 0 Å². The monoisotopic (exact) mass is 270 g/mol. The fourth-order valence-electron chi connectivity index (χ4n) is 1.84. The van der Waals surface area contributed by atoms with Crippen LogP contribution in [0.2, 0.25) is 0 Å². The van der Waals surface area contributed by atoms with E-state index in [1.165, 1.54) is 7.11 Å². The number of methoxy groups -OCH3 is 1. The summed E-state index contributed by atoms with van der Waals surface area (Å²) in [6.07, 6.45) is 0. The van der Waals surface area contributed by atoms with Gasteiger partial charge in [0.1, 0.15) is 0 Å². The largest absolute Gasteiger partial charge is 0.469 e. The molecule has 0 rings (SSSR count). The Kier molecular flexibility index (Phi) is 8.07. The molecule has 110 valence electrons. The summed E-state index contributed by atoms with van der Waals surface area (Å²) in [5.74, 6) is -0.447. The Balaban J connectivity index is 4.30. The lowest BCUT2D eigenvalue weighted by molar-refractivity contribution is -0.146. The molecule has 0 aromatic heterocycles. The number of amides is 1. The molecule has 0 heterocycles. The van der Waals surface area contributed by atoms with Crippen molar-refractivity contribution in [3.8, 4) is 0 Å². The van der Waals surface area contributed by atoms with Gasteiger partial charge in [0.25, 0.3) is 0 Å². The smallest absolute Gasteiger partial charge is 0.309 e. The number of ether oxygens (including phenoxy) is 1. The van der Waals surface area contributed by atoms with Gasteiger partial charge in [-0.15, -0.1) is 0 Å². The highest BCUT2D eigenvalue weighted by Crippen LogP contribution is 2.02. The molecule has 1 atom stereocenters. The van der Waals surface area contributed by atoms with Crippen molar-refractivity contribution in [2.45, 2.75) is 20.8 Å². The van der Waals surface area contributed by atoms with Crippen molar-refractivity contribution in [3.05, 3.63) is 12.2 Å². The molecule has 0 saturated heterocycles. The molecule has 1 amide bonds. The second-order valence-electron chi connectivity index (χ2n) is 4.99. The van der Waals surface area contributed by atoms with E-state index in [0.717, 1.165) is 5.57 Å². The third-order valence-corrected chi connectivity index (χ3v) is 2.79. The maximum atomic E-state index is 12.1. The Morgan fingerprint density at radius 1 is 1.32 bits per heavy atom. The zero-order valence-corrected chi connectivity index (χ0v) is 12.7. The number of rotatable bonds is 8. The number of esters is 1. The van der Waals surface area contributed by atoms with Crippen LogP contribution in [0.3, 0.4) is 0 Å². The van der Waals surface area contributed by atoms with Crippen molar-refractivity contribution in [2.24, 2.45) is 5.92 Å². The van der Waals surface area contributed by atoms with Crippen LogP contribution in [0.15, 0.2) is 12.2 Å². The molecular formula is C14H26N2O3. The van der Waals surface area contributed by atoms with E-state index in [1.54, 1.807) is 11.8 Å². The van der Waals surface area contributed by atoms with E-state index in [4.69, 9.17) is 0 Å². The lowest BCUT2D eigenvalue weighted by atomic mass is 10.2. The van der Waals surface area contributed by atoms with Crippen LogP contribution < -0.4 is 0 Å². The summed E-state index contributed by atoms with van der Waals surface area (Å²) >= 11 is 0. The van der Waals surface area contributed by atoms with Crippen LogP contribution in [-0.2, 0) is 14.3 Å². The molecule has 0 saturated carbocycles. The number of nitrogens with zero attached hydrogens (tertiary/aromatic N) is 2. The molecule has 0 radical (unpaired) electrons. The number of carbonyl (C=O) groups excluding carboxylic acids is 2. The average Bonchev–Trinajstić information content (AvgIpc) is 2.33. The molecule has 0 aliphatic heterocycles. The van der Waals surface area contributed by atoms with Crippen LogP contribution in [0.25, 0.3) is 0 Å². The third kappa shape index (κ3) is 6.96. The summed E-state index contributed by atoms with van der Waals surface area (Å²) < 4.78 is 4.67. The number of carbonyl (C=O) groups is 2. The summed E-state index contributed by atoms with van der Waals surface area (Å²) in [7, 11) is 3.20. The van der Waals surface area contributed by atoms with Gasteiger partial charge in [-0.2, -0.15) is 0 Å². The maximum Gasteiger partial charge on any atom is 0.309 e. The Morgan fingerprint density at radius 2 is 1.89 bits per heavy atom. The highest BCUT2D eigenvalue weighted by Gasteiger charge is 2.19. The van der Waals surface area contributed by atoms with Gasteiger partial charge < -0.3 is 9.64 Å². The molecule has 0 aromatic carbocycles. The van der Waals surface area contributed by atoms with Crippen molar-refractivity contribution in [3.63, 3.8) is 0 Å². The van der Waals surface area contributed by atoms with Crippen molar-refractivity contribution >= 4 is 11.9 Å². The quantitative estimate of drug-likeness (QED) is 0.490. The van der Waals surface area contributed by atoms with Gasteiger partial charge in [-0.25, -0.2) is 0 Å². The molecule has 5 heteroatoms. The van der Waals surface area contributed by atoms with Gasteiger partial charge in [-0.1, -0.05) is 19.1 Å². The van der Waals surface area contributed by atoms with E-state index in [0.29, 0.717) is 26.2 Å². The minimum Gasteiger partial charge on any atom is -0.469 e. The van der Waals surface area contributed by atoms with Crippen LogP contribution in [0.5, 0.6) is 0 Å². The second-order valence-corrected chi connectivity index (χ2v) is 4.99. The van der Waals surface area contributed by atoms with Crippen molar-refractivity contribution in [1.82, 2.24) is 9.80 Å². The Morgan fingerprint density at radius 3 is 2.32 bits per heavy atom. The lowest BCUT2D eigenvalue weighted by Crippen LogP contribution is -2.41. The highest BCUT2D eigenvalue weighted by atomic mass is 16.5. The van der Waals surface area contributed by atoms with Gasteiger partial charge in [0.2, 0.25) is 5.91 Å². The molecular weight excluding hydrogens is 244 g/mol. The fourth-order valence-corrected chi connectivity index (χ4v) is 1.84. The standard InChI is InChI=1S/C14H26N2O3/c1-7-16(8-11(2)3)13(17)10-15(5)9-12(4)14(18)19-6/h12H,2,7-10H2,1,3-6H3. The van der Waals surface area contributed by atoms with Gasteiger partial charge >= 0.3 is 5.97 Å². The van der Waals surface area contributed by atoms with E-state index >= 15 is 0 Å². The first-order valence-electron chi connectivity index (χ1n) is 6.50.